The third kappa shape index (κ3) is 3.97. The lowest BCUT2D eigenvalue weighted by Gasteiger charge is -2.15. The lowest BCUT2D eigenvalue weighted by atomic mass is 10.2. The predicted molar refractivity (Wildman–Crippen MR) is 96.1 cm³/mol. The van der Waals surface area contributed by atoms with E-state index in [4.69, 9.17) is 42.8 Å². The van der Waals surface area contributed by atoms with E-state index in [9.17, 15) is 0 Å². The highest BCUT2D eigenvalue weighted by Crippen LogP contribution is 2.40. The molecule has 3 rings (SSSR count). The van der Waals surface area contributed by atoms with E-state index in [0.29, 0.717) is 33.7 Å². The van der Waals surface area contributed by atoms with E-state index in [1.807, 2.05) is 25.1 Å². The van der Waals surface area contributed by atoms with Crippen LogP contribution in [0.4, 0.5) is 6.01 Å². The van der Waals surface area contributed by atoms with Gasteiger partial charge in [0.2, 0.25) is 5.89 Å². The molecular weight excluding hydrogens is 365 g/mol. The predicted octanol–water partition coefficient (Wildman–Crippen LogP) is 4.60. The fourth-order valence-electron chi connectivity index (χ4n) is 2.21. The molecule has 0 aliphatic rings. The Bertz CT molecular complexity index is 883. The highest BCUT2D eigenvalue weighted by molar-refractivity contribution is 6.32. The average molecular weight is 380 g/mol. The first kappa shape index (κ1) is 17.4. The van der Waals surface area contributed by atoms with Crippen molar-refractivity contribution in [2.24, 2.45) is 0 Å². The number of benzene rings is 2. The highest BCUT2D eigenvalue weighted by Gasteiger charge is 2.17. The Morgan fingerprint density at radius 1 is 1.08 bits per heavy atom. The van der Waals surface area contributed by atoms with E-state index in [1.165, 1.54) is 0 Å². The molecule has 130 valence electrons. The molecule has 0 spiro atoms. The summed E-state index contributed by atoms with van der Waals surface area (Å²) in [4.78, 5) is 0. The number of aromatic nitrogens is 2. The Labute approximate surface area is 154 Å². The molecule has 1 aromatic heterocycles. The largest absolute Gasteiger partial charge is 0.490 e. The molecule has 0 saturated heterocycles. The summed E-state index contributed by atoms with van der Waals surface area (Å²) < 4.78 is 16.7. The number of hydrogen-bond donors (Lipinski definition) is 1. The van der Waals surface area contributed by atoms with E-state index in [0.717, 1.165) is 5.56 Å². The van der Waals surface area contributed by atoms with Crippen molar-refractivity contribution in [1.82, 2.24) is 10.2 Å². The van der Waals surface area contributed by atoms with Gasteiger partial charge in [0.15, 0.2) is 11.5 Å². The maximum Gasteiger partial charge on any atom is 0.313 e. The third-order valence-electron chi connectivity index (χ3n) is 3.33. The number of nitrogens with two attached hydrogens (primary N) is 1. The van der Waals surface area contributed by atoms with Crippen molar-refractivity contribution in [3.05, 3.63) is 52.0 Å². The molecule has 25 heavy (non-hydrogen) atoms. The Kier molecular flexibility index (Phi) is 5.31. The van der Waals surface area contributed by atoms with Crippen LogP contribution in [0.25, 0.3) is 11.5 Å². The summed E-state index contributed by atoms with van der Waals surface area (Å²) in [5.41, 5.74) is 6.89. The Morgan fingerprint density at radius 3 is 2.56 bits per heavy atom. The first-order chi connectivity index (χ1) is 12.1. The van der Waals surface area contributed by atoms with Crippen LogP contribution in [0.5, 0.6) is 11.5 Å². The summed E-state index contributed by atoms with van der Waals surface area (Å²) >= 11 is 12.5. The maximum atomic E-state index is 6.37. The molecule has 8 heteroatoms. The molecule has 0 radical (unpaired) electrons. The molecule has 0 saturated carbocycles. The van der Waals surface area contributed by atoms with Gasteiger partial charge in [0.25, 0.3) is 0 Å². The molecular formula is C17H15Cl2N3O3. The molecule has 0 atom stereocenters. The monoisotopic (exact) mass is 379 g/mol. The van der Waals surface area contributed by atoms with Gasteiger partial charge in [-0.25, -0.2) is 0 Å². The van der Waals surface area contributed by atoms with Crippen LogP contribution in [0.1, 0.15) is 12.5 Å². The van der Waals surface area contributed by atoms with Crippen LogP contribution in [0.2, 0.25) is 10.0 Å². The summed E-state index contributed by atoms with van der Waals surface area (Å²) in [5, 5.41) is 8.46. The van der Waals surface area contributed by atoms with Gasteiger partial charge in [-0.2, -0.15) is 0 Å². The van der Waals surface area contributed by atoms with E-state index in [-0.39, 0.29) is 18.5 Å². The number of rotatable bonds is 6. The average Bonchev–Trinajstić information content (AvgIpc) is 3.02. The van der Waals surface area contributed by atoms with Crippen LogP contribution in [0.15, 0.2) is 40.8 Å². The zero-order valence-electron chi connectivity index (χ0n) is 13.3. The normalized spacial score (nSPS) is 10.7. The summed E-state index contributed by atoms with van der Waals surface area (Å²) in [6.07, 6.45) is 0. The number of anilines is 1. The van der Waals surface area contributed by atoms with Crippen molar-refractivity contribution < 1.29 is 13.9 Å². The van der Waals surface area contributed by atoms with Gasteiger partial charge in [0.05, 0.1) is 11.6 Å². The molecule has 2 aromatic carbocycles. The van der Waals surface area contributed by atoms with Gasteiger partial charge in [0, 0.05) is 16.1 Å². The summed E-state index contributed by atoms with van der Waals surface area (Å²) in [6.45, 7) is 2.56. The van der Waals surface area contributed by atoms with Gasteiger partial charge < -0.3 is 19.6 Å². The number of hydrogen-bond acceptors (Lipinski definition) is 6. The smallest absolute Gasteiger partial charge is 0.313 e. The number of nitrogens with zero attached hydrogens (tertiary/aromatic N) is 2. The standard InChI is InChI=1S/C17H15Cl2N3O3/c1-2-23-14-8-11(16-21-22-17(20)25-16)7-13(19)15(14)24-9-10-5-3-4-6-12(10)18/h3-8H,2,9H2,1H3,(H2,20,22). The van der Waals surface area contributed by atoms with E-state index in [1.54, 1.807) is 18.2 Å². The Morgan fingerprint density at radius 2 is 1.88 bits per heavy atom. The second-order valence-electron chi connectivity index (χ2n) is 5.04. The zero-order valence-corrected chi connectivity index (χ0v) is 14.8. The van der Waals surface area contributed by atoms with E-state index >= 15 is 0 Å². The molecule has 6 nitrogen and oxygen atoms in total. The summed E-state index contributed by atoms with van der Waals surface area (Å²) in [7, 11) is 0. The SMILES string of the molecule is CCOc1cc(-c2nnc(N)o2)cc(Cl)c1OCc1ccccc1Cl. The van der Waals surface area contributed by atoms with Gasteiger partial charge >= 0.3 is 6.01 Å². The minimum atomic E-state index is -0.0249. The zero-order chi connectivity index (χ0) is 17.8. The number of halogens is 2. The highest BCUT2D eigenvalue weighted by atomic mass is 35.5. The fraction of sp³-hybridized carbons (Fsp3) is 0.176. The molecule has 0 aliphatic carbocycles. The lowest BCUT2D eigenvalue weighted by Crippen LogP contribution is -2.01. The lowest BCUT2D eigenvalue weighted by molar-refractivity contribution is 0.269. The maximum absolute atomic E-state index is 6.37. The number of nitrogen functional groups attached to an aromatic ring is 1. The molecule has 0 aliphatic heterocycles. The fourth-order valence-corrected chi connectivity index (χ4v) is 2.67. The van der Waals surface area contributed by atoms with Crippen LogP contribution >= 0.6 is 23.2 Å². The Hall–Kier alpha value is -2.44. The van der Waals surface area contributed by atoms with Gasteiger partial charge in [-0.15, -0.1) is 5.10 Å². The minimum Gasteiger partial charge on any atom is -0.490 e. The van der Waals surface area contributed by atoms with E-state index in [2.05, 4.69) is 10.2 Å². The van der Waals surface area contributed by atoms with Crippen molar-refractivity contribution in [3.63, 3.8) is 0 Å². The third-order valence-corrected chi connectivity index (χ3v) is 3.98. The van der Waals surface area contributed by atoms with Crippen molar-refractivity contribution in [1.29, 1.82) is 0 Å². The van der Waals surface area contributed by atoms with Crippen molar-refractivity contribution >= 4 is 29.2 Å². The van der Waals surface area contributed by atoms with Crippen molar-refractivity contribution in [3.8, 4) is 23.0 Å². The topological polar surface area (TPSA) is 83.4 Å². The molecule has 2 N–H and O–H groups in total. The quantitative estimate of drug-likeness (QED) is 0.673. The summed E-state index contributed by atoms with van der Waals surface area (Å²) in [6, 6.07) is 10.8. The van der Waals surface area contributed by atoms with Crippen molar-refractivity contribution in [2.75, 3.05) is 12.3 Å². The van der Waals surface area contributed by atoms with Crippen LogP contribution in [0.3, 0.4) is 0 Å². The molecule has 0 bridgehead atoms. The minimum absolute atomic E-state index is 0.0249. The molecule has 0 unspecified atom stereocenters. The van der Waals surface area contributed by atoms with Crippen LogP contribution in [-0.4, -0.2) is 16.8 Å². The van der Waals surface area contributed by atoms with Crippen LogP contribution in [0, 0.1) is 0 Å². The van der Waals surface area contributed by atoms with Gasteiger partial charge in [0.1, 0.15) is 6.61 Å². The second kappa shape index (κ2) is 7.63. The van der Waals surface area contributed by atoms with Crippen LogP contribution in [-0.2, 0) is 6.61 Å². The molecule has 0 amide bonds. The Balaban J connectivity index is 1.91. The second-order valence-corrected chi connectivity index (χ2v) is 5.86. The molecule has 1 heterocycles. The van der Waals surface area contributed by atoms with Gasteiger partial charge in [-0.3, -0.25) is 0 Å². The first-order valence-corrected chi connectivity index (χ1v) is 8.26. The van der Waals surface area contributed by atoms with E-state index < -0.39 is 0 Å². The van der Waals surface area contributed by atoms with Crippen LogP contribution < -0.4 is 15.2 Å². The number of ether oxygens (including phenoxy) is 2. The van der Waals surface area contributed by atoms with Gasteiger partial charge in [-0.1, -0.05) is 46.5 Å². The summed E-state index contributed by atoms with van der Waals surface area (Å²) in [5.74, 6) is 1.13. The van der Waals surface area contributed by atoms with Crippen molar-refractivity contribution in [2.45, 2.75) is 13.5 Å². The molecule has 0 fully saturated rings. The molecule has 3 aromatic rings. The first-order valence-electron chi connectivity index (χ1n) is 7.50. The van der Waals surface area contributed by atoms with Gasteiger partial charge in [-0.05, 0) is 25.1 Å².